The van der Waals surface area contributed by atoms with Crippen LogP contribution in [0.3, 0.4) is 0 Å². The van der Waals surface area contributed by atoms with Crippen LogP contribution < -0.4 is 10.5 Å². The molecule has 0 bridgehead atoms. The van der Waals surface area contributed by atoms with Crippen LogP contribution in [0.15, 0.2) is 29.9 Å². The Kier molecular flexibility index (Phi) is 3.22. The predicted molar refractivity (Wildman–Crippen MR) is 65.9 cm³/mol. The molecule has 2 N–H and O–H groups in total. The zero-order valence-corrected chi connectivity index (χ0v) is 10.1. The van der Waals surface area contributed by atoms with E-state index in [4.69, 9.17) is 10.5 Å². The Balaban J connectivity index is 2.41. The highest BCUT2D eigenvalue weighted by molar-refractivity contribution is 7.10. The molecule has 0 aromatic carbocycles. The van der Waals surface area contributed by atoms with Gasteiger partial charge in [-0.05, 0) is 30.0 Å². The second-order valence-corrected chi connectivity index (χ2v) is 4.51. The zero-order chi connectivity index (χ0) is 11.5. The quantitative estimate of drug-likeness (QED) is 0.887. The van der Waals surface area contributed by atoms with E-state index in [1.54, 1.807) is 30.8 Å². The van der Waals surface area contributed by atoms with Gasteiger partial charge in [0.2, 0.25) is 0 Å². The molecule has 0 saturated carbocycles. The summed E-state index contributed by atoms with van der Waals surface area (Å²) in [6.45, 7) is 2.07. The summed E-state index contributed by atoms with van der Waals surface area (Å²) in [5.41, 5.74) is 8.43. The molecule has 0 radical (unpaired) electrons. The Labute approximate surface area is 98.9 Å². The molecule has 3 nitrogen and oxygen atoms in total. The van der Waals surface area contributed by atoms with Crippen molar-refractivity contribution in [3.05, 3.63) is 45.9 Å². The number of nitrogens with two attached hydrogens (primary N) is 1. The molecule has 4 heteroatoms. The number of thiophene rings is 1. The lowest BCUT2D eigenvalue weighted by Crippen LogP contribution is -2.12. The highest BCUT2D eigenvalue weighted by atomic mass is 32.1. The van der Waals surface area contributed by atoms with E-state index in [2.05, 4.69) is 23.4 Å². The second-order valence-electron chi connectivity index (χ2n) is 3.56. The van der Waals surface area contributed by atoms with Gasteiger partial charge in [-0.15, -0.1) is 11.3 Å². The maximum atomic E-state index is 6.24. The molecule has 0 saturated heterocycles. The summed E-state index contributed by atoms with van der Waals surface area (Å²) in [6, 6.07) is 3.84. The first-order chi connectivity index (χ1) is 7.74. The van der Waals surface area contributed by atoms with Crippen molar-refractivity contribution in [1.82, 2.24) is 4.98 Å². The topological polar surface area (TPSA) is 48.1 Å². The van der Waals surface area contributed by atoms with Crippen molar-refractivity contribution >= 4 is 11.3 Å². The molecule has 0 aliphatic heterocycles. The monoisotopic (exact) mass is 234 g/mol. The van der Waals surface area contributed by atoms with Crippen molar-refractivity contribution in [1.29, 1.82) is 0 Å². The first-order valence-corrected chi connectivity index (χ1v) is 5.89. The van der Waals surface area contributed by atoms with Crippen LogP contribution in [0, 0.1) is 6.92 Å². The van der Waals surface area contributed by atoms with Crippen molar-refractivity contribution in [3.8, 4) is 5.75 Å². The summed E-state index contributed by atoms with van der Waals surface area (Å²) in [5.74, 6) is 0.739. The fourth-order valence-corrected chi connectivity index (χ4v) is 2.61. The van der Waals surface area contributed by atoms with Crippen molar-refractivity contribution in [2.75, 3.05) is 7.11 Å². The molecule has 2 rings (SSSR count). The first kappa shape index (κ1) is 11.1. The summed E-state index contributed by atoms with van der Waals surface area (Å²) in [7, 11) is 1.63. The molecule has 84 valence electrons. The van der Waals surface area contributed by atoms with Gasteiger partial charge in [0, 0.05) is 16.6 Å². The van der Waals surface area contributed by atoms with Gasteiger partial charge in [0.05, 0.1) is 19.3 Å². The number of rotatable bonds is 3. The first-order valence-electron chi connectivity index (χ1n) is 5.01. The average Bonchev–Trinajstić information content (AvgIpc) is 2.74. The van der Waals surface area contributed by atoms with Crippen LogP contribution in [0.2, 0.25) is 0 Å². The Bertz CT molecular complexity index is 481. The van der Waals surface area contributed by atoms with E-state index in [-0.39, 0.29) is 6.04 Å². The standard InChI is InChI=1S/C12H14N2OS/c1-8-4-6-16-12(8)11(13)9-3-5-14-7-10(9)15-2/h3-7,11H,13H2,1-2H3. The lowest BCUT2D eigenvalue weighted by Gasteiger charge is -2.14. The Hall–Kier alpha value is -1.39. The number of hydrogen-bond donors (Lipinski definition) is 1. The number of hydrogen-bond acceptors (Lipinski definition) is 4. The molecule has 2 aromatic heterocycles. The lowest BCUT2D eigenvalue weighted by molar-refractivity contribution is 0.406. The predicted octanol–water partition coefficient (Wildman–Crippen LogP) is 2.51. The van der Waals surface area contributed by atoms with E-state index in [9.17, 15) is 0 Å². The second kappa shape index (κ2) is 4.63. The molecule has 0 fully saturated rings. The minimum absolute atomic E-state index is 0.141. The third-order valence-corrected chi connectivity index (χ3v) is 3.66. The van der Waals surface area contributed by atoms with Gasteiger partial charge in [0.25, 0.3) is 0 Å². The summed E-state index contributed by atoms with van der Waals surface area (Å²) in [6.07, 6.45) is 3.43. The Morgan fingerprint density at radius 1 is 1.44 bits per heavy atom. The van der Waals surface area contributed by atoms with E-state index in [0.717, 1.165) is 11.3 Å². The van der Waals surface area contributed by atoms with Gasteiger partial charge in [0.1, 0.15) is 5.75 Å². The molecule has 0 aliphatic carbocycles. The summed E-state index contributed by atoms with van der Waals surface area (Å²) < 4.78 is 5.27. The summed E-state index contributed by atoms with van der Waals surface area (Å²) in [5, 5.41) is 2.05. The van der Waals surface area contributed by atoms with Crippen LogP contribution in [-0.2, 0) is 0 Å². The average molecular weight is 234 g/mol. The largest absolute Gasteiger partial charge is 0.495 e. The highest BCUT2D eigenvalue weighted by Crippen LogP contribution is 2.31. The minimum Gasteiger partial charge on any atom is -0.495 e. The van der Waals surface area contributed by atoms with Crippen LogP contribution in [0.1, 0.15) is 22.0 Å². The molecular weight excluding hydrogens is 220 g/mol. The van der Waals surface area contributed by atoms with Gasteiger partial charge < -0.3 is 10.5 Å². The van der Waals surface area contributed by atoms with Crippen LogP contribution in [0.25, 0.3) is 0 Å². The highest BCUT2D eigenvalue weighted by Gasteiger charge is 2.16. The van der Waals surface area contributed by atoms with Gasteiger partial charge in [0.15, 0.2) is 0 Å². The van der Waals surface area contributed by atoms with Crippen molar-refractivity contribution < 1.29 is 4.74 Å². The van der Waals surface area contributed by atoms with Gasteiger partial charge in [-0.1, -0.05) is 0 Å². The summed E-state index contributed by atoms with van der Waals surface area (Å²) in [4.78, 5) is 5.20. The van der Waals surface area contributed by atoms with Crippen molar-refractivity contribution in [2.24, 2.45) is 5.73 Å². The van der Waals surface area contributed by atoms with Crippen LogP contribution in [-0.4, -0.2) is 12.1 Å². The van der Waals surface area contributed by atoms with Crippen LogP contribution in [0.4, 0.5) is 0 Å². The maximum Gasteiger partial charge on any atom is 0.142 e. The van der Waals surface area contributed by atoms with Gasteiger partial charge in [-0.2, -0.15) is 0 Å². The normalized spacial score (nSPS) is 12.4. The molecular formula is C12H14N2OS. The van der Waals surface area contributed by atoms with E-state index < -0.39 is 0 Å². The van der Waals surface area contributed by atoms with Crippen LogP contribution in [0.5, 0.6) is 5.75 Å². The molecule has 1 unspecified atom stereocenters. The zero-order valence-electron chi connectivity index (χ0n) is 9.31. The number of ether oxygens (including phenoxy) is 1. The minimum atomic E-state index is -0.141. The Morgan fingerprint density at radius 3 is 2.88 bits per heavy atom. The fourth-order valence-electron chi connectivity index (χ4n) is 1.66. The number of nitrogens with zero attached hydrogens (tertiary/aromatic N) is 1. The smallest absolute Gasteiger partial charge is 0.142 e. The third kappa shape index (κ3) is 1.94. The number of methoxy groups -OCH3 is 1. The van der Waals surface area contributed by atoms with Gasteiger partial charge in [-0.25, -0.2) is 0 Å². The fraction of sp³-hybridized carbons (Fsp3) is 0.250. The lowest BCUT2D eigenvalue weighted by atomic mass is 10.0. The SMILES string of the molecule is COc1cnccc1C(N)c1sccc1C. The number of aromatic nitrogens is 1. The molecule has 16 heavy (non-hydrogen) atoms. The summed E-state index contributed by atoms with van der Waals surface area (Å²) >= 11 is 1.67. The number of aryl methyl sites for hydroxylation is 1. The third-order valence-electron chi connectivity index (χ3n) is 2.56. The molecule has 0 aliphatic rings. The van der Waals surface area contributed by atoms with Crippen molar-refractivity contribution in [2.45, 2.75) is 13.0 Å². The molecule has 2 heterocycles. The van der Waals surface area contributed by atoms with E-state index in [0.29, 0.717) is 0 Å². The number of pyridine rings is 1. The molecule has 0 spiro atoms. The van der Waals surface area contributed by atoms with E-state index in [1.807, 2.05) is 6.07 Å². The van der Waals surface area contributed by atoms with E-state index in [1.165, 1.54) is 10.4 Å². The molecule has 1 atom stereocenters. The van der Waals surface area contributed by atoms with Gasteiger partial charge >= 0.3 is 0 Å². The maximum absolute atomic E-state index is 6.24. The Morgan fingerprint density at radius 2 is 2.25 bits per heavy atom. The van der Waals surface area contributed by atoms with Gasteiger partial charge in [-0.3, -0.25) is 4.98 Å². The molecule has 2 aromatic rings. The van der Waals surface area contributed by atoms with Crippen LogP contribution >= 0.6 is 11.3 Å². The van der Waals surface area contributed by atoms with Crippen molar-refractivity contribution in [3.63, 3.8) is 0 Å². The molecule has 0 amide bonds. The van der Waals surface area contributed by atoms with E-state index >= 15 is 0 Å².